The molecule has 0 aromatic heterocycles. The number of hydrogen-bond donors (Lipinski definition) is 0. The van der Waals surface area contributed by atoms with Crippen LogP contribution in [0.5, 0.6) is 0 Å². The van der Waals surface area contributed by atoms with Crippen molar-refractivity contribution in [3.8, 4) is 25.2 Å². The maximum Gasteiger partial charge on any atom is 0.244 e. The summed E-state index contributed by atoms with van der Waals surface area (Å²) in [4.78, 5) is 2.77. The van der Waals surface area contributed by atoms with E-state index in [0.29, 0.717) is 6.71 Å². The van der Waals surface area contributed by atoms with Crippen LogP contribution in [0.1, 0.15) is 72.6 Å². The van der Waals surface area contributed by atoms with E-state index in [9.17, 15) is 0 Å². The van der Waals surface area contributed by atoms with Crippen molar-refractivity contribution in [2.45, 2.75) is 86.5 Å². The maximum absolute atomic E-state index is 4.60. The molecule has 1 heterocycles. The molecule has 0 amide bonds. The topological polar surface area (TPSA) is 0 Å². The predicted octanol–water partition coefficient (Wildman–Crippen LogP) is 8.20. The second-order valence-corrected chi connectivity index (χ2v) is 7.80. The molecule has 0 unspecified atom stereocenters. The molecule has 4 rings (SSSR count). The number of hydrogen-bond acceptors (Lipinski definition) is 1. The Morgan fingerprint density at radius 1 is 0.686 bits per heavy atom. The standard InChI is InChI=1S/C21H19BS.C3H4.3C2H6.C2H2.CH4/c1-14-12-15(2)21(16(3)13-14)22-17-8-4-6-10-19(17)23-20-11-7-5-9-18(20)22;1-3-2;4*1-2;/h4-13H,1-3H3;1H,2H3;3*1-2H3;1-2H;1H4. The summed E-state index contributed by atoms with van der Waals surface area (Å²) >= 11 is 1.90. The third kappa shape index (κ3) is 10.1. The fraction of sp³-hybridized carbons (Fsp3) is 0.333. The van der Waals surface area contributed by atoms with Gasteiger partial charge in [-0.2, -0.15) is 0 Å². The van der Waals surface area contributed by atoms with Gasteiger partial charge in [-0.3, -0.25) is 0 Å². The minimum Gasteiger partial charge on any atom is -0.124 e. The van der Waals surface area contributed by atoms with Gasteiger partial charge in [-0.05, 0) is 39.8 Å². The van der Waals surface area contributed by atoms with Crippen molar-refractivity contribution in [2.24, 2.45) is 0 Å². The number of fused-ring (bicyclic) bond motifs is 2. The Labute approximate surface area is 223 Å². The fourth-order valence-corrected chi connectivity index (χ4v) is 5.01. The van der Waals surface area contributed by atoms with Crippen LogP contribution < -0.4 is 16.4 Å². The van der Waals surface area contributed by atoms with Crippen LogP contribution in [-0.2, 0) is 0 Å². The van der Waals surface area contributed by atoms with E-state index >= 15 is 0 Å². The first-order chi connectivity index (χ1) is 16.6. The SMILES string of the molecule is C.C#C.C#CC.CC.CC.CC.Cc1cc(C)c(B2c3ccccc3Sc3ccccc32)c(C)c1. The smallest absolute Gasteiger partial charge is 0.124 e. The molecule has 188 valence electrons. The van der Waals surface area contributed by atoms with Crippen LogP contribution in [0.15, 0.2) is 70.5 Å². The number of terminal acetylenes is 2. The van der Waals surface area contributed by atoms with Gasteiger partial charge in [0, 0.05) is 9.79 Å². The van der Waals surface area contributed by atoms with Crippen molar-refractivity contribution in [2.75, 3.05) is 0 Å². The van der Waals surface area contributed by atoms with Crippen LogP contribution in [0.2, 0.25) is 0 Å². The van der Waals surface area contributed by atoms with Gasteiger partial charge in [0.1, 0.15) is 0 Å². The summed E-state index contributed by atoms with van der Waals surface area (Å²) in [5.41, 5.74) is 8.47. The van der Waals surface area contributed by atoms with E-state index in [1.54, 1.807) is 6.92 Å². The third-order valence-corrected chi connectivity index (χ3v) is 5.89. The van der Waals surface area contributed by atoms with Gasteiger partial charge < -0.3 is 0 Å². The predicted molar refractivity (Wildman–Crippen MR) is 167 cm³/mol. The van der Waals surface area contributed by atoms with Crippen LogP contribution in [0.25, 0.3) is 0 Å². The van der Waals surface area contributed by atoms with Gasteiger partial charge in [0.25, 0.3) is 0 Å². The lowest BCUT2D eigenvalue weighted by molar-refractivity contribution is 1.34. The molecule has 0 aliphatic carbocycles. The summed E-state index contributed by atoms with van der Waals surface area (Å²) in [7, 11) is 0. The van der Waals surface area contributed by atoms with Crippen molar-refractivity contribution in [1.82, 2.24) is 0 Å². The third-order valence-electron chi connectivity index (χ3n) is 4.71. The zero-order valence-electron chi connectivity index (χ0n) is 23.0. The summed E-state index contributed by atoms with van der Waals surface area (Å²) in [6.45, 7) is 20.7. The van der Waals surface area contributed by atoms with E-state index in [1.165, 1.54) is 42.9 Å². The monoisotopic (exact) mass is 486 g/mol. The van der Waals surface area contributed by atoms with Crippen LogP contribution in [0.4, 0.5) is 0 Å². The summed E-state index contributed by atoms with van der Waals surface area (Å²) in [6.07, 6.45) is 12.6. The highest BCUT2D eigenvalue weighted by atomic mass is 32.2. The second-order valence-electron chi connectivity index (χ2n) is 6.71. The van der Waals surface area contributed by atoms with E-state index in [1.807, 2.05) is 53.3 Å². The van der Waals surface area contributed by atoms with E-state index in [0.717, 1.165) is 0 Å². The molecule has 0 nitrogen and oxygen atoms in total. The van der Waals surface area contributed by atoms with Gasteiger partial charge >= 0.3 is 0 Å². The molecular weight excluding hydrogens is 439 g/mol. The highest BCUT2D eigenvalue weighted by Crippen LogP contribution is 2.29. The van der Waals surface area contributed by atoms with E-state index in [-0.39, 0.29) is 7.43 Å². The molecule has 3 aromatic rings. The molecule has 1 aliphatic heterocycles. The fourth-order valence-electron chi connectivity index (χ4n) is 3.87. The van der Waals surface area contributed by atoms with Crippen LogP contribution in [0.3, 0.4) is 0 Å². The van der Waals surface area contributed by atoms with E-state index < -0.39 is 0 Å². The lowest BCUT2D eigenvalue weighted by atomic mass is 9.35. The lowest BCUT2D eigenvalue weighted by Crippen LogP contribution is -2.56. The molecule has 2 heteroatoms. The zero-order valence-corrected chi connectivity index (χ0v) is 23.8. The summed E-state index contributed by atoms with van der Waals surface area (Å²) in [6, 6.07) is 22.3. The Hall–Kier alpha value is -2.81. The second kappa shape index (κ2) is 21.7. The molecule has 35 heavy (non-hydrogen) atoms. The van der Waals surface area contributed by atoms with Crippen molar-refractivity contribution in [1.29, 1.82) is 0 Å². The van der Waals surface area contributed by atoms with Gasteiger partial charge in [-0.1, -0.05) is 142 Å². The normalized spacial score (nSPS) is 9.17. The average Bonchev–Trinajstić information content (AvgIpc) is 2.88. The first-order valence-electron chi connectivity index (χ1n) is 12.2. The number of rotatable bonds is 1. The molecule has 0 radical (unpaired) electrons. The minimum atomic E-state index is 0. The number of aryl methyl sites for hydroxylation is 3. The molecule has 0 spiro atoms. The molecule has 0 atom stereocenters. The van der Waals surface area contributed by atoms with Crippen LogP contribution in [-0.4, -0.2) is 6.71 Å². The molecule has 0 N–H and O–H groups in total. The molecule has 0 saturated heterocycles. The zero-order chi connectivity index (χ0) is 26.7. The quantitative estimate of drug-likeness (QED) is 0.193. The van der Waals surface area contributed by atoms with Crippen LogP contribution >= 0.6 is 11.8 Å². The average molecular weight is 487 g/mol. The first kappa shape index (κ1) is 36.8. The summed E-state index contributed by atoms with van der Waals surface area (Å²) in [5.74, 6) is 2.25. The Kier molecular flexibility index (Phi) is 22.8. The van der Waals surface area contributed by atoms with Crippen LogP contribution in [0, 0.1) is 46.0 Å². The highest BCUT2D eigenvalue weighted by Gasteiger charge is 2.32. The van der Waals surface area contributed by atoms with Crippen molar-refractivity contribution in [3.63, 3.8) is 0 Å². The number of benzene rings is 3. The molecule has 0 fully saturated rings. The molecule has 0 bridgehead atoms. The molecular formula is C33H47BS. The van der Waals surface area contributed by atoms with Crippen molar-refractivity contribution >= 4 is 34.9 Å². The van der Waals surface area contributed by atoms with E-state index in [4.69, 9.17) is 0 Å². The first-order valence-corrected chi connectivity index (χ1v) is 13.0. The Morgan fingerprint density at radius 2 is 1.00 bits per heavy atom. The largest absolute Gasteiger partial charge is 0.244 e. The van der Waals surface area contributed by atoms with Crippen molar-refractivity contribution in [3.05, 3.63) is 77.4 Å². The molecule has 1 aliphatic rings. The maximum atomic E-state index is 4.60. The van der Waals surface area contributed by atoms with Gasteiger partial charge in [0.05, 0.1) is 0 Å². The van der Waals surface area contributed by atoms with Gasteiger partial charge in [-0.15, -0.1) is 25.2 Å². The Balaban J connectivity index is -0.000000752. The van der Waals surface area contributed by atoms with Crippen molar-refractivity contribution < 1.29 is 0 Å². The molecule has 3 aromatic carbocycles. The van der Waals surface area contributed by atoms with Gasteiger partial charge in [0.2, 0.25) is 6.71 Å². The van der Waals surface area contributed by atoms with Gasteiger partial charge in [-0.25, -0.2) is 0 Å². The molecule has 0 saturated carbocycles. The summed E-state index contributed by atoms with van der Waals surface area (Å²) < 4.78 is 0. The van der Waals surface area contributed by atoms with Gasteiger partial charge in [0.15, 0.2) is 0 Å². The highest BCUT2D eigenvalue weighted by molar-refractivity contribution is 8.00. The Bertz CT molecular complexity index is 956. The minimum absolute atomic E-state index is 0. The Morgan fingerprint density at radius 3 is 1.34 bits per heavy atom. The lowest BCUT2D eigenvalue weighted by Gasteiger charge is -2.28. The van der Waals surface area contributed by atoms with E-state index in [2.05, 4.69) is 107 Å². The summed E-state index contributed by atoms with van der Waals surface area (Å²) in [5, 5.41) is 0.